The molecule has 0 unspecified atom stereocenters. The Labute approximate surface area is 180 Å². The Balaban J connectivity index is 1.70. The third kappa shape index (κ3) is 5.24. The minimum atomic E-state index is -0.467. The van der Waals surface area contributed by atoms with Crippen LogP contribution in [0.2, 0.25) is 0 Å². The molecule has 0 aliphatic carbocycles. The van der Waals surface area contributed by atoms with E-state index in [9.17, 15) is 14.7 Å². The highest BCUT2D eigenvalue weighted by molar-refractivity contribution is 5.86. The van der Waals surface area contributed by atoms with E-state index in [4.69, 9.17) is 13.9 Å². The lowest BCUT2D eigenvalue weighted by atomic mass is 10.00. The van der Waals surface area contributed by atoms with Crippen LogP contribution in [0.25, 0.3) is 22.1 Å². The highest BCUT2D eigenvalue weighted by Gasteiger charge is 2.17. The number of amides is 1. The summed E-state index contributed by atoms with van der Waals surface area (Å²) in [6.45, 7) is 3.70. The summed E-state index contributed by atoms with van der Waals surface area (Å²) in [5.74, 6) is 0.865. The number of rotatable bonds is 9. The maximum atomic E-state index is 12.5. The summed E-state index contributed by atoms with van der Waals surface area (Å²) < 4.78 is 16.3. The van der Waals surface area contributed by atoms with Crippen molar-refractivity contribution in [1.29, 1.82) is 0 Å². The van der Waals surface area contributed by atoms with Gasteiger partial charge in [0.05, 0.1) is 25.3 Å². The molecular formula is C24H27NO6. The first-order valence-corrected chi connectivity index (χ1v) is 10.2. The first kappa shape index (κ1) is 22.4. The number of ether oxygens (including phenoxy) is 2. The molecule has 0 saturated heterocycles. The molecule has 7 heteroatoms. The summed E-state index contributed by atoms with van der Waals surface area (Å²) in [5.41, 5.74) is 1.03. The molecule has 0 aliphatic rings. The number of nitrogens with one attached hydrogen (secondary N) is 1. The summed E-state index contributed by atoms with van der Waals surface area (Å²) in [5, 5.41) is 13.0. The van der Waals surface area contributed by atoms with Crippen LogP contribution in [0, 0.1) is 5.92 Å². The largest absolute Gasteiger partial charge is 0.493 e. The Morgan fingerprint density at radius 2 is 1.94 bits per heavy atom. The maximum Gasteiger partial charge on any atom is 0.344 e. The van der Waals surface area contributed by atoms with E-state index in [1.54, 1.807) is 36.4 Å². The van der Waals surface area contributed by atoms with Gasteiger partial charge in [-0.1, -0.05) is 44.5 Å². The van der Waals surface area contributed by atoms with Gasteiger partial charge in [0.15, 0.2) is 17.9 Å². The van der Waals surface area contributed by atoms with Crippen molar-refractivity contribution in [2.24, 2.45) is 5.92 Å². The molecule has 3 rings (SSSR count). The Hall–Kier alpha value is -3.32. The number of carbonyl (C=O) groups excluding carboxylic acids is 1. The van der Waals surface area contributed by atoms with E-state index in [2.05, 4.69) is 5.32 Å². The van der Waals surface area contributed by atoms with E-state index in [1.165, 1.54) is 7.11 Å². The molecule has 0 aliphatic heterocycles. The smallest absolute Gasteiger partial charge is 0.344 e. The molecule has 164 valence electrons. The fourth-order valence-corrected chi connectivity index (χ4v) is 3.26. The van der Waals surface area contributed by atoms with Crippen molar-refractivity contribution >= 4 is 16.9 Å². The number of aliphatic hydroxyl groups is 1. The molecule has 1 heterocycles. The number of fused-ring (bicyclic) bond motifs is 1. The third-order valence-electron chi connectivity index (χ3n) is 5.35. The lowest BCUT2D eigenvalue weighted by Crippen LogP contribution is -2.43. The van der Waals surface area contributed by atoms with E-state index in [0.29, 0.717) is 28.2 Å². The lowest BCUT2D eigenvalue weighted by molar-refractivity contribution is -0.124. The van der Waals surface area contributed by atoms with Gasteiger partial charge in [0.25, 0.3) is 5.91 Å². The molecule has 0 spiro atoms. The van der Waals surface area contributed by atoms with Gasteiger partial charge in [-0.25, -0.2) is 4.79 Å². The Kier molecular flexibility index (Phi) is 7.31. The number of methoxy groups -OCH3 is 1. The SMILES string of the molecule is CC[C@@H](C)[C@H](CO)NC(=O)COc1ccc(-c2cc3cccc(OC)c3oc2=O)cc1. The van der Waals surface area contributed by atoms with Gasteiger partial charge in [-0.2, -0.15) is 0 Å². The molecule has 0 fully saturated rings. The van der Waals surface area contributed by atoms with E-state index >= 15 is 0 Å². The van der Waals surface area contributed by atoms with Crippen LogP contribution in [0.3, 0.4) is 0 Å². The van der Waals surface area contributed by atoms with Gasteiger partial charge in [-0.15, -0.1) is 0 Å². The number of benzene rings is 2. The van der Waals surface area contributed by atoms with Gasteiger partial charge in [-0.3, -0.25) is 4.79 Å². The molecular weight excluding hydrogens is 398 g/mol. The number of aliphatic hydroxyl groups excluding tert-OH is 1. The monoisotopic (exact) mass is 425 g/mol. The summed E-state index contributed by atoms with van der Waals surface area (Å²) in [4.78, 5) is 24.6. The quantitative estimate of drug-likeness (QED) is 0.510. The second kappa shape index (κ2) is 10.1. The van der Waals surface area contributed by atoms with Crippen LogP contribution in [-0.4, -0.2) is 37.4 Å². The number of hydrogen-bond acceptors (Lipinski definition) is 6. The third-order valence-corrected chi connectivity index (χ3v) is 5.35. The first-order chi connectivity index (χ1) is 15.0. The van der Waals surface area contributed by atoms with Gasteiger partial charge in [0, 0.05) is 5.39 Å². The second-order valence-corrected chi connectivity index (χ2v) is 7.38. The van der Waals surface area contributed by atoms with Gasteiger partial charge >= 0.3 is 5.63 Å². The van der Waals surface area contributed by atoms with Crippen molar-refractivity contribution in [1.82, 2.24) is 5.32 Å². The number of hydrogen-bond donors (Lipinski definition) is 2. The topological polar surface area (TPSA) is 98.0 Å². The van der Waals surface area contributed by atoms with Crippen molar-refractivity contribution in [3.05, 3.63) is 59.0 Å². The molecule has 2 aromatic carbocycles. The summed E-state index contributed by atoms with van der Waals surface area (Å²) >= 11 is 0. The molecule has 0 saturated carbocycles. The zero-order valence-corrected chi connectivity index (χ0v) is 17.9. The van der Waals surface area contributed by atoms with Gasteiger partial charge < -0.3 is 24.3 Å². The van der Waals surface area contributed by atoms with Crippen LogP contribution in [0.1, 0.15) is 20.3 Å². The van der Waals surface area contributed by atoms with Crippen LogP contribution < -0.4 is 20.4 Å². The molecule has 0 radical (unpaired) electrons. The van der Waals surface area contributed by atoms with Gasteiger partial charge in [-0.05, 0) is 35.7 Å². The predicted molar refractivity (Wildman–Crippen MR) is 118 cm³/mol. The number of carbonyl (C=O) groups is 1. The molecule has 1 aromatic heterocycles. The second-order valence-electron chi connectivity index (χ2n) is 7.38. The average molecular weight is 425 g/mol. The average Bonchev–Trinajstić information content (AvgIpc) is 2.80. The first-order valence-electron chi connectivity index (χ1n) is 10.2. The van der Waals surface area contributed by atoms with Crippen molar-refractivity contribution in [3.63, 3.8) is 0 Å². The van der Waals surface area contributed by atoms with Gasteiger partial charge in [0.2, 0.25) is 0 Å². The molecule has 31 heavy (non-hydrogen) atoms. The molecule has 2 atom stereocenters. The molecule has 1 amide bonds. The standard InChI is InChI=1S/C24H27NO6/c1-4-15(2)20(13-26)25-22(27)14-30-18-10-8-16(9-11-18)19-12-17-6-5-7-21(29-3)23(17)31-24(19)28/h5-12,15,20,26H,4,13-14H2,1-3H3,(H,25,27)/t15-,20+/m1/s1. The Morgan fingerprint density at radius 3 is 2.58 bits per heavy atom. The van der Waals surface area contributed by atoms with Crippen molar-refractivity contribution < 1.29 is 23.8 Å². The van der Waals surface area contributed by atoms with Crippen LogP contribution in [0.5, 0.6) is 11.5 Å². The van der Waals surface area contributed by atoms with Crippen molar-refractivity contribution in [2.75, 3.05) is 20.3 Å². The molecule has 0 bridgehead atoms. The zero-order valence-electron chi connectivity index (χ0n) is 17.9. The van der Waals surface area contributed by atoms with E-state index < -0.39 is 5.63 Å². The lowest BCUT2D eigenvalue weighted by Gasteiger charge is -2.22. The minimum absolute atomic E-state index is 0.115. The molecule has 7 nitrogen and oxygen atoms in total. The van der Waals surface area contributed by atoms with Crippen LogP contribution >= 0.6 is 0 Å². The summed E-state index contributed by atoms with van der Waals surface area (Å²) in [6, 6.07) is 13.7. The van der Waals surface area contributed by atoms with E-state index in [0.717, 1.165) is 11.8 Å². The molecule has 3 aromatic rings. The highest BCUT2D eigenvalue weighted by Crippen LogP contribution is 2.28. The van der Waals surface area contributed by atoms with Crippen LogP contribution in [0.15, 0.2) is 57.7 Å². The maximum absolute atomic E-state index is 12.5. The summed E-state index contributed by atoms with van der Waals surface area (Å²) in [7, 11) is 1.52. The van der Waals surface area contributed by atoms with Crippen molar-refractivity contribution in [3.8, 4) is 22.6 Å². The molecule has 2 N–H and O–H groups in total. The van der Waals surface area contributed by atoms with Crippen LogP contribution in [-0.2, 0) is 4.79 Å². The van der Waals surface area contributed by atoms with Crippen molar-refractivity contribution in [2.45, 2.75) is 26.3 Å². The number of para-hydroxylation sites is 1. The fraction of sp³-hybridized carbons (Fsp3) is 0.333. The predicted octanol–water partition coefficient (Wildman–Crippen LogP) is 3.37. The highest BCUT2D eigenvalue weighted by atomic mass is 16.5. The Morgan fingerprint density at radius 1 is 1.19 bits per heavy atom. The van der Waals surface area contributed by atoms with E-state index in [1.807, 2.05) is 26.0 Å². The zero-order chi connectivity index (χ0) is 22.4. The fourth-order valence-electron chi connectivity index (χ4n) is 3.26. The normalized spacial score (nSPS) is 12.9. The Bertz CT molecular complexity index is 1090. The van der Waals surface area contributed by atoms with E-state index in [-0.39, 0.29) is 31.1 Å². The van der Waals surface area contributed by atoms with Crippen LogP contribution in [0.4, 0.5) is 0 Å². The summed E-state index contributed by atoms with van der Waals surface area (Å²) in [6.07, 6.45) is 0.851. The minimum Gasteiger partial charge on any atom is -0.493 e. The van der Waals surface area contributed by atoms with Gasteiger partial charge in [0.1, 0.15) is 5.75 Å².